The molecule has 0 saturated carbocycles. The van der Waals surface area contributed by atoms with E-state index in [9.17, 15) is 9.18 Å². The minimum Gasteiger partial charge on any atom is -0.330 e. The molecule has 4 rings (SSSR count). The molecule has 0 saturated heterocycles. The molecule has 0 bridgehead atoms. The van der Waals surface area contributed by atoms with E-state index in [2.05, 4.69) is 23.6 Å². The first kappa shape index (κ1) is 17.3. The minimum atomic E-state index is -0.258. The maximum absolute atomic E-state index is 13.0. The molecule has 26 heavy (non-hydrogen) atoms. The first-order valence-electron chi connectivity index (χ1n) is 8.51. The summed E-state index contributed by atoms with van der Waals surface area (Å²) in [7, 11) is 0. The van der Waals surface area contributed by atoms with Crippen LogP contribution >= 0.6 is 23.1 Å². The van der Waals surface area contributed by atoms with Crippen molar-refractivity contribution in [2.75, 3.05) is 12.3 Å². The maximum atomic E-state index is 13.0. The van der Waals surface area contributed by atoms with Crippen LogP contribution in [0.1, 0.15) is 22.0 Å². The molecule has 1 aliphatic heterocycles. The molecule has 2 heterocycles. The van der Waals surface area contributed by atoms with Crippen molar-refractivity contribution < 1.29 is 9.18 Å². The van der Waals surface area contributed by atoms with E-state index < -0.39 is 0 Å². The maximum Gasteiger partial charge on any atom is 0.233 e. The highest BCUT2D eigenvalue weighted by atomic mass is 32.2. The summed E-state index contributed by atoms with van der Waals surface area (Å²) >= 11 is 3.23. The van der Waals surface area contributed by atoms with Gasteiger partial charge in [0.05, 0.1) is 11.8 Å². The van der Waals surface area contributed by atoms with Crippen LogP contribution in [0.5, 0.6) is 0 Å². The fourth-order valence-electron chi connectivity index (χ4n) is 3.34. The van der Waals surface area contributed by atoms with Gasteiger partial charge in [0.25, 0.3) is 0 Å². The summed E-state index contributed by atoms with van der Waals surface area (Å²) in [5, 5.41) is 2.11. The standard InChI is InChI=1S/C21H18FNOS2/c22-16-6-8-17(9-7-16)26-14-20(24)23-12-10-19-18(11-13-25-19)21(23)15-4-2-1-3-5-15/h1-9,11,13,21H,10,12,14H2/t21-/m0/s1. The summed E-state index contributed by atoms with van der Waals surface area (Å²) in [6.45, 7) is 0.732. The highest BCUT2D eigenvalue weighted by Crippen LogP contribution is 2.38. The van der Waals surface area contributed by atoms with Gasteiger partial charge in [0.1, 0.15) is 5.82 Å². The Morgan fingerprint density at radius 2 is 1.88 bits per heavy atom. The van der Waals surface area contributed by atoms with Gasteiger partial charge in [-0.15, -0.1) is 23.1 Å². The number of hydrogen-bond donors (Lipinski definition) is 0. The molecule has 1 atom stereocenters. The molecule has 5 heteroatoms. The van der Waals surface area contributed by atoms with Crippen molar-refractivity contribution in [1.82, 2.24) is 4.90 Å². The Morgan fingerprint density at radius 3 is 2.65 bits per heavy atom. The number of carbonyl (C=O) groups is 1. The number of amides is 1. The lowest BCUT2D eigenvalue weighted by atomic mass is 9.93. The Balaban J connectivity index is 1.56. The molecule has 2 nitrogen and oxygen atoms in total. The highest BCUT2D eigenvalue weighted by molar-refractivity contribution is 8.00. The van der Waals surface area contributed by atoms with Gasteiger partial charge >= 0.3 is 0 Å². The van der Waals surface area contributed by atoms with E-state index in [1.807, 2.05) is 23.1 Å². The van der Waals surface area contributed by atoms with Crippen molar-refractivity contribution in [3.63, 3.8) is 0 Å². The summed E-state index contributed by atoms with van der Waals surface area (Å²) < 4.78 is 13.0. The Labute approximate surface area is 160 Å². The van der Waals surface area contributed by atoms with Gasteiger partial charge in [-0.2, -0.15) is 0 Å². The first-order valence-corrected chi connectivity index (χ1v) is 10.4. The van der Waals surface area contributed by atoms with E-state index in [-0.39, 0.29) is 17.8 Å². The molecule has 1 aliphatic rings. The van der Waals surface area contributed by atoms with E-state index >= 15 is 0 Å². The Bertz CT molecular complexity index is 892. The van der Waals surface area contributed by atoms with Crippen LogP contribution in [0.4, 0.5) is 4.39 Å². The molecule has 3 aromatic rings. The van der Waals surface area contributed by atoms with Gasteiger partial charge in [0.2, 0.25) is 5.91 Å². The van der Waals surface area contributed by atoms with Crippen molar-refractivity contribution in [2.24, 2.45) is 0 Å². The van der Waals surface area contributed by atoms with Crippen molar-refractivity contribution in [1.29, 1.82) is 0 Å². The predicted molar refractivity (Wildman–Crippen MR) is 105 cm³/mol. The number of nitrogens with zero attached hydrogens (tertiary/aromatic N) is 1. The molecule has 0 aliphatic carbocycles. The normalized spacial score (nSPS) is 16.3. The van der Waals surface area contributed by atoms with Crippen LogP contribution in [0, 0.1) is 5.82 Å². The van der Waals surface area contributed by atoms with Crippen LogP contribution < -0.4 is 0 Å². The molecule has 0 unspecified atom stereocenters. The summed E-state index contributed by atoms with van der Waals surface area (Å²) in [6, 6.07) is 18.6. The number of benzene rings is 2. The van der Waals surface area contributed by atoms with E-state index in [1.165, 1.54) is 34.3 Å². The SMILES string of the molecule is O=C(CSc1ccc(F)cc1)N1CCc2sccc2[C@@H]1c1ccccc1. The molecule has 1 aromatic heterocycles. The van der Waals surface area contributed by atoms with Crippen LogP contribution in [0.15, 0.2) is 70.9 Å². The average molecular weight is 384 g/mol. The first-order chi connectivity index (χ1) is 12.7. The second-order valence-electron chi connectivity index (χ2n) is 6.19. The second kappa shape index (κ2) is 7.64. The van der Waals surface area contributed by atoms with Crippen molar-refractivity contribution in [2.45, 2.75) is 17.4 Å². The number of rotatable bonds is 4. The van der Waals surface area contributed by atoms with Gasteiger partial charge in [0, 0.05) is 16.3 Å². The zero-order chi connectivity index (χ0) is 17.9. The van der Waals surface area contributed by atoms with E-state index in [1.54, 1.807) is 23.5 Å². The molecule has 0 radical (unpaired) electrons. The van der Waals surface area contributed by atoms with Crippen LogP contribution in [0.2, 0.25) is 0 Å². The van der Waals surface area contributed by atoms with Crippen LogP contribution in [0.25, 0.3) is 0 Å². The molecule has 2 aromatic carbocycles. The lowest BCUT2D eigenvalue weighted by molar-refractivity contribution is -0.130. The monoisotopic (exact) mass is 383 g/mol. The van der Waals surface area contributed by atoms with Gasteiger partial charge in [-0.1, -0.05) is 30.3 Å². The minimum absolute atomic E-state index is 0.0208. The summed E-state index contributed by atoms with van der Waals surface area (Å²) in [5.41, 5.74) is 2.39. The third-order valence-electron chi connectivity index (χ3n) is 4.58. The number of halogens is 1. The molecule has 0 spiro atoms. The quantitative estimate of drug-likeness (QED) is 0.581. The highest BCUT2D eigenvalue weighted by Gasteiger charge is 2.32. The predicted octanol–water partition coefficient (Wildman–Crippen LogP) is 5.15. The molecular weight excluding hydrogens is 365 g/mol. The van der Waals surface area contributed by atoms with Crippen LogP contribution in [0.3, 0.4) is 0 Å². The van der Waals surface area contributed by atoms with Crippen molar-refractivity contribution in [3.05, 3.63) is 87.9 Å². The summed E-state index contributed by atoms with van der Waals surface area (Å²) in [5.74, 6) is 0.213. The molecule has 132 valence electrons. The van der Waals surface area contributed by atoms with Gasteiger partial charge in [0.15, 0.2) is 0 Å². The number of thioether (sulfide) groups is 1. The number of hydrogen-bond acceptors (Lipinski definition) is 3. The zero-order valence-corrected chi connectivity index (χ0v) is 15.7. The fourth-order valence-corrected chi connectivity index (χ4v) is 5.03. The van der Waals surface area contributed by atoms with Gasteiger partial charge in [-0.25, -0.2) is 4.39 Å². The largest absolute Gasteiger partial charge is 0.330 e. The third-order valence-corrected chi connectivity index (χ3v) is 6.57. The Morgan fingerprint density at radius 1 is 1.12 bits per heavy atom. The summed E-state index contributed by atoms with van der Waals surface area (Å²) in [6.07, 6.45) is 0.906. The molecular formula is C21H18FNOS2. The average Bonchev–Trinajstić information content (AvgIpc) is 3.16. The van der Waals surface area contributed by atoms with E-state index in [0.29, 0.717) is 5.75 Å². The van der Waals surface area contributed by atoms with E-state index in [4.69, 9.17) is 0 Å². The topological polar surface area (TPSA) is 20.3 Å². The molecule has 0 fully saturated rings. The lowest BCUT2D eigenvalue weighted by Crippen LogP contribution is -2.41. The summed E-state index contributed by atoms with van der Waals surface area (Å²) in [4.78, 5) is 17.3. The molecule has 0 N–H and O–H groups in total. The van der Waals surface area contributed by atoms with Crippen LogP contribution in [-0.4, -0.2) is 23.1 Å². The fraction of sp³-hybridized carbons (Fsp3) is 0.190. The Hall–Kier alpha value is -2.11. The van der Waals surface area contributed by atoms with Gasteiger partial charge in [-0.05, 0) is 53.3 Å². The Kier molecular flexibility index (Phi) is 5.09. The van der Waals surface area contributed by atoms with Crippen molar-refractivity contribution in [3.8, 4) is 0 Å². The smallest absolute Gasteiger partial charge is 0.233 e. The van der Waals surface area contributed by atoms with Gasteiger partial charge < -0.3 is 4.90 Å². The lowest BCUT2D eigenvalue weighted by Gasteiger charge is -2.36. The van der Waals surface area contributed by atoms with Crippen LogP contribution in [-0.2, 0) is 11.2 Å². The number of carbonyl (C=O) groups excluding carboxylic acids is 1. The van der Waals surface area contributed by atoms with E-state index in [0.717, 1.165) is 23.4 Å². The third kappa shape index (κ3) is 3.55. The van der Waals surface area contributed by atoms with Gasteiger partial charge in [-0.3, -0.25) is 4.79 Å². The molecule has 1 amide bonds. The zero-order valence-electron chi connectivity index (χ0n) is 14.1. The second-order valence-corrected chi connectivity index (χ2v) is 8.24. The van der Waals surface area contributed by atoms with Crippen molar-refractivity contribution >= 4 is 29.0 Å². The number of thiophene rings is 1. The number of fused-ring (bicyclic) bond motifs is 1.